The van der Waals surface area contributed by atoms with Crippen molar-refractivity contribution < 1.29 is 22.9 Å². The molecule has 0 bridgehead atoms. The Balaban J connectivity index is 1.92. The van der Waals surface area contributed by atoms with Crippen LogP contribution in [0.3, 0.4) is 0 Å². The summed E-state index contributed by atoms with van der Waals surface area (Å²) in [5.41, 5.74) is 0.448. The molecule has 146 valence electrons. The van der Waals surface area contributed by atoms with Crippen LogP contribution in [0, 0.1) is 10.1 Å². The summed E-state index contributed by atoms with van der Waals surface area (Å²) in [4.78, 5) is 21.3. The van der Waals surface area contributed by atoms with Gasteiger partial charge in [0.25, 0.3) is 15.7 Å². The molecule has 0 aliphatic carbocycles. The number of nitro groups is 1. The highest BCUT2D eigenvalue weighted by atomic mass is 32.2. The van der Waals surface area contributed by atoms with E-state index in [2.05, 4.69) is 20.2 Å². The van der Waals surface area contributed by atoms with Crippen LogP contribution < -0.4 is 10.0 Å². The fraction of sp³-hybridized carbons (Fsp3) is 0.357. The zero-order chi connectivity index (χ0) is 19.9. The molecular weight excluding hydrogens is 398 g/mol. The van der Waals surface area contributed by atoms with E-state index in [-0.39, 0.29) is 36.3 Å². The van der Waals surface area contributed by atoms with Crippen LogP contribution in [0.5, 0.6) is 0 Å². The van der Waals surface area contributed by atoms with E-state index in [0.717, 1.165) is 11.3 Å². The van der Waals surface area contributed by atoms with Crippen molar-refractivity contribution in [3.63, 3.8) is 0 Å². The molecular formula is C14H17N5O6S2. The molecule has 0 spiro atoms. The quantitative estimate of drug-likeness (QED) is 0.245. The van der Waals surface area contributed by atoms with Crippen molar-refractivity contribution in [2.75, 3.05) is 26.2 Å². The summed E-state index contributed by atoms with van der Waals surface area (Å²) in [6.45, 7) is 2.24. The van der Waals surface area contributed by atoms with Crippen molar-refractivity contribution >= 4 is 33.0 Å². The number of non-ortho nitro benzene ring substituents is 1. The minimum Gasteiger partial charge on any atom is -0.465 e. The first kappa shape index (κ1) is 20.8. The van der Waals surface area contributed by atoms with Crippen LogP contribution in [0.2, 0.25) is 0 Å². The summed E-state index contributed by atoms with van der Waals surface area (Å²) in [6.07, 6.45) is 0. The third-order valence-corrected chi connectivity index (χ3v) is 5.93. The maximum Gasteiger partial charge on any atom is 0.319 e. The molecule has 0 fully saturated rings. The van der Waals surface area contributed by atoms with Gasteiger partial charge in [-0.2, -0.15) is 0 Å². The van der Waals surface area contributed by atoms with Gasteiger partial charge in [0.2, 0.25) is 4.34 Å². The number of carbonyl (C=O) groups is 1. The molecule has 2 rings (SSSR count). The molecule has 27 heavy (non-hydrogen) atoms. The normalized spacial score (nSPS) is 11.3. The number of benzene rings is 1. The van der Waals surface area contributed by atoms with Crippen LogP contribution in [0.4, 0.5) is 5.69 Å². The number of nitrogens with zero attached hydrogens (tertiary/aromatic N) is 3. The van der Waals surface area contributed by atoms with Gasteiger partial charge in [-0.3, -0.25) is 14.9 Å². The highest BCUT2D eigenvalue weighted by Crippen LogP contribution is 2.27. The second-order valence-corrected chi connectivity index (χ2v) is 7.97. The number of hydrogen-bond donors (Lipinski definition) is 2. The molecule has 11 nitrogen and oxygen atoms in total. The zero-order valence-corrected chi connectivity index (χ0v) is 15.9. The number of aromatic nitrogens is 2. The van der Waals surface area contributed by atoms with Crippen molar-refractivity contribution in [2.24, 2.45) is 0 Å². The monoisotopic (exact) mass is 415 g/mol. The van der Waals surface area contributed by atoms with E-state index in [0.29, 0.717) is 10.6 Å². The number of nitrogens with one attached hydrogen (secondary N) is 2. The number of carbonyl (C=O) groups excluding carboxylic acids is 1. The van der Waals surface area contributed by atoms with Crippen molar-refractivity contribution in [1.82, 2.24) is 20.2 Å². The van der Waals surface area contributed by atoms with Gasteiger partial charge in [0.1, 0.15) is 5.01 Å². The van der Waals surface area contributed by atoms with E-state index < -0.39 is 20.9 Å². The standard InChI is InChI=1S/C14H17N5O6S2/c1-2-25-12(20)9-15-7-8-16-27(23,24)14-18-17-13(26-14)10-3-5-11(6-4-10)19(21)22/h3-6,15-16H,2,7-9H2,1H3. The highest BCUT2D eigenvalue weighted by Gasteiger charge is 2.20. The molecule has 0 unspecified atom stereocenters. The van der Waals surface area contributed by atoms with E-state index in [1.165, 1.54) is 24.3 Å². The first-order valence-corrected chi connectivity index (χ1v) is 10.1. The lowest BCUT2D eigenvalue weighted by atomic mass is 10.2. The molecule has 1 aromatic carbocycles. The van der Waals surface area contributed by atoms with Crippen molar-refractivity contribution in [2.45, 2.75) is 11.3 Å². The zero-order valence-electron chi connectivity index (χ0n) is 14.2. The molecule has 2 N–H and O–H groups in total. The largest absolute Gasteiger partial charge is 0.465 e. The first-order valence-electron chi connectivity index (χ1n) is 7.78. The van der Waals surface area contributed by atoms with Gasteiger partial charge in [-0.1, -0.05) is 11.3 Å². The van der Waals surface area contributed by atoms with Gasteiger partial charge >= 0.3 is 5.97 Å². The third-order valence-electron chi connectivity index (χ3n) is 3.13. The van der Waals surface area contributed by atoms with Crippen molar-refractivity contribution in [3.05, 3.63) is 34.4 Å². The van der Waals surface area contributed by atoms with Gasteiger partial charge < -0.3 is 10.1 Å². The fourth-order valence-electron chi connectivity index (χ4n) is 1.90. The van der Waals surface area contributed by atoms with Gasteiger partial charge in [0.15, 0.2) is 0 Å². The number of nitro benzene ring substituents is 1. The lowest BCUT2D eigenvalue weighted by Gasteiger charge is -2.05. The van der Waals surface area contributed by atoms with Crippen molar-refractivity contribution in [3.8, 4) is 10.6 Å². The van der Waals surface area contributed by atoms with Gasteiger partial charge in [0, 0.05) is 30.8 Å². The minimum atomic E-state index is -3.85. The number of sulfonamides is 1. The topological polar surface area (TPSA) is 153 Å². The second kappa shape index (κ2) is 9.45. The van der Waals surface area contributed by atoms with Crippen LogP contribution >= 0.6 is 11.3 Å². The van der Waals surface area contributed by atoms with Gasteiger partial charge in [0.05, 0.1) is 18.1 Å². The van der Waals surface area contributed by atoms with Crippen LogP contribution in [0.15, 0.2) is 28.6 Å². The molecule has 2 aromatic rings. The summed E-state index contributed by atoms with van der Waals surface area (Å²) in [5, 5.41) is 21.2. The van der Waals surface area contributed by atoms with E-state index in [1.54, 1.807) is 6.92 Å². The average Bonchev–Trinajstić information content (AvgIpc) is 3.13. The fourth-order valence-corrected chi connectivity index (χ4v) is 3.98. The van der Waals surface area contributed by atoms with Crippen LogP contribution in [0.25, 0.3) is 10.6 Å². The summed E-state index contributed by atoms with van der Waals surface area (Å²) < 4.78 is 31.3. The summed E-state index contributed by atoms with van der Waals surface area (Å²) in [7, 11) is -3.85. The molecule has 0 aliphatic heterocycles. The van der Waals surface area contributed by atoms with E-state index in [4.69, 9.17) is 4.74 Å². The second-order valence-electron chi connectivity index (χ2n) is 5.06. The Morgan fingerprint density at radius 2 is 1.96 bits per heavy atom. The highest BCUT2D eigenvalue weighted by molar-refractivity contribution is 7.91. The Labute approximate surface area is 159 Å². The average molecular weight is 415 g/mol. The summed E-state index contributed by atoms with van der Waals surface area (Å²) in [6, 6.07) is 5.56. The molecule has 0 radical (unpaired) electrons. The number of rotatable bonds is 10. The third kappa shape index (κ3) is 6.02. The lowest BCUT2D eigenvalue weighted by molar-refractivity contribution is -0.384. The number of esters is 1. The van der Waals surface area contributed by atoms with E-state index >= 15 is 0 Å². The summed E-state index contributed by atoms with van der Waals surface area (Å²) in [5.74, 6) is -0.419. The van der Waals surface area contributed by atoms with Gasteiger partial charge in [-0.05, 0) is 19.1 Å². The lowest BCUT2D eigenvalue weighted by Crippen LogP contribution is -2.34. The van der Waals surface area contributed by atoms with Crippen LogP contribution in [-0.4, -0.2) is 55.7 Å². The van der Waals surface area contributed by atoms with Gasteiger partial charge in [-0.25, -0.2) is 13.1 Å². The Hall–Kier alpha value is -2.48. The SMILES string of the molecule is CCOC(=O)CNCCNS(=O)(=O)c1nnc(-c2ccc([N+](=O)[O-])cc2)s1. The number of ether oxygens (including phenoxy) is 1. The van der Waals surface area contributed by atoms with Gasteiger partial charge in [-0.15, -0.1) is 10.2 Å². The molecule has 13 heteroatoms. The Morgan fingerprint density at radius 1 is 1.26 bits per heavy atom. The Bertz CT molecular complexity index is 897. The molecule has 0 aliphatic rings. The van der Waals surface area contributed by atoms with Crippen LogP contribution in [-0.2, 0) is 19.6 Å². The first-order chi connectivity index (χ1) is 12.8. The molecule has 1 aromatic heterocycles. The maximum atomic E-state index is 12.2. The minimum absolute atomic E-state index is 0.0152. The number of hydrogen-bond acceptors (Lipinski definition) is 10. The molecule has 0 saturated carbocycles. The van der Waals surface area contributed by atoms with E-state index in [1.807, 2.05) is 0 Å². The summed E-state index contributed by atoms with van der Waals surface area (Å²) >= 11 is 0.845. The molecule has 0 saturated heterocycles. The predicted octanol–water partition coefficient (Wildman–Crippen LogP) is 0.544. The van der Waals surface area contributed by atoms with Crippen LogP contribution in [0.1, 0.15) is 6.92 Å². The maximum absolute atomic E-state index is 12.2. The molecule has 0 amide bonds. The predicted molar refractivity (Wildman–Crippen MR) is 96.7 cm³/mol. The Kier molecular flexibility index (Phi) is 7.29. The van der Waals surface area contributed by atoms with Crippen molar-refractivity contribution in [1.29, 1.82) is 0 Å². The smallest absolute Gasteiger partial charge is 0.319 e. The van der Waals surface area contributed by atoms with E-state index in [9.17, 15) is 23.3 Å². The molecule has 0 atom stereocenters. The Morgan fingerprint density at radius 3 is 2.59 bits per heavy atom. The molecule has 1 heterocycles.